The van der Waals surface area contributed by atoms with Gasteiger partial charge in [0.1, 0.15) is 5.82 Å². The highest BCUT2D eigenvalue weighted by Gasteiger charge is 2.35. The third-order valence-electron chi connectivity index (χ3n) is 1.78. The van der Waals surface area contributed by atoms with E-state index in [9.17, 15) is 13.2 Å². The number of aryl methyl sites for hydroxylation is 1. The van der Waals surface area contributed by atoms with Gasteiger partial charge in [-0.15, -0.1) is 0 Å². The van der Waals surface area contributed by atoms with Gasteiger partial charge in [0.25, 0.3) is 0 Å². The highest BCUT2D eigenvalue weighted by Crippen LogP contribution is 2.30. The molecule has 0 atom stereocenters. The minimum absolute atomic E-state index is 0.0573. The Kier molecular flexibility index (Phi) is 5.41. The highest BCUT2D eigenvalue weighted by atomic mass is 19.4. The van der Waals surface area contributed by atoms with Crippen molar-refractivity contribution in [3.63, 3.8) is 0 Å². The fraction of sp³-hybridized carbons (Fsp3) is 0.636. The van der Waals surface area contributed by atoms with Crippen molar-refractivity contribution >= 4 is 0 Å². The molecular formula is C11H17F3N2. The third kappa shape index (κ3) is 3.79. The summed E-state index contributed by atoms with van der Waals surface area (Å²) in [4.78, 5) is 7.35. The minimum Gasteiger partial charge on any atom is -0.241 e. The molecule has 0 unspecified atom stereocenters. The highest BCUT2D eigenvalue weighted by molar-refractivity contribution is 5.19. The van der Waals surface area contributed by atoms with Gasteiger partial charge in [-0.3, -0.25) is 0 Å². The first-order valence-corrected chi connectivity index (χ1v) is 5.23. The monoisotopic (exact) mass is 234 g/mol. The molecule has 5 heteroatoms. The van der Waals surface area contributed by atoms with E-state index in [0.717, 1.165) is 0 Å². The lowest BCUT2D eigenvalue weighted by Crippen LogP contribution is -2.13. The zero-order chi connectivity index (χ0) is 12.9. The summed E-state index contributed by atoms with van der Waals surface area (Å²) in [7, 11) is 0. The average molecular weight is 234 g/mol. The average Bonchev–Trinajstić information content (AvgIpc) is 2.19. The molecule has 0 aliphatic carbocycles. The Hall–Kier alpha value is -1.13. The van der Waals surface area contributed by atoms with Crippen LogP contribution in [0.1, 0.15) is 50.7 Å². The fourth-order valence-electron chi connectivity index (χ4n) is 1.02. The summed E-state index contributed by atoms with van der Waals surface area (Å²) in [5.74, 6) is 0.125. The standard InChI is InChI=1S/C9H11F3N2.C2H6/c1-5(2)8-13-4-6(3)7(14-8)9(10,11)12;1-2/h4-5H,1-3H3;1-2H3. The Bertz CT molecular complexity index is 332. The van der Waals surface area contributed by atoms with Gasteiger partial charge in [-0.25, -0.2) is 9.97 Å². The van der Waals surface area contributed by atoms with Gasteiger partial charge in [0.2, 0.25) is 0 Å². The number of nitrogens with zero attached hydrogens (tertiary/aromatic N) is 2. The normalized spacial score (nSPS) is 11.1. The second-order valence-electron chi connectivity index (χ2n) is 3.41. The van der Waals surface area contributed by atoms with Gasteiger partial charge in [-0.1, -0.05) is 27.7 Å². The number of hydrogen-bond acceptors (Lipinski definition) is 2. The number of rotatable bonds is 1. The summed E-state index contributed by atoms with van der Waals surface area (Å²) in [6.45, 7) is 8.86. The lowest BCUT2D eigenvalue weighted by molar-refractivity contribution is -0.141. The van der Waals surface area contributed by atoms with Crippen LogP contribution < -0.4 is 0 Å². The summed E-state index contributed by atoms with van der Waals surface area (Å²) >= 11 is 0. The molecule has 1 aromatic rings. The molecule has 92 valence electrons. The largest absolute Gasteiger partial charge is 0.433 e. The van der Waals surface area contributed by atoms with Crippen molar-refractivity contribution in [1.29, 1.82) is 0 Å². The Balaban J connectivity index is 0.00000106. The first-order valence-electron chi connectivity index (χ1n) is 5.23. The quantitative estimate of drug-likeness (QED) is 0.735. The summed E-state index contributed by atoms with van der Waals surface area (Å²) in [6, 6.07) is 0. The topological polar surface area (TPSA) is 25.8 Å². The lowest BCUT2D eigenvalue weighted by atomic mass is 10.2. The zero-order valence-corrected chi connectivity index (χ0v) is 10.2. The Morgan fingerprint density at radius 1 is 1.19 bits per heavy atom. The molecule has 16 heavy (non-hydrogen) atoms. The summed E-state index contributed by atoms with van der Waals surface area (Å²) in [5, 5.41) is 0. The molecule has 0 amide bonds. The van der Waals surface area contributed by atoms with E-state index in [0.29, 0.717) is 0 Å². The molecule has 0 fully saturated rings. The molecule has 1 heterocycles. The molecule has 1 rings (SSSR count). The number of halogens is 3. The predicted molar refractivity (Wildman–Crippen MR) is 57.2 cm³/mol. The van der Waals surface area contributed by atoms with Gasteiger partial charge in [-0.05, 0) is 12.5 Å². The first-order chi connectivity index (χ1) is 7.32. The summed E-state index contributed by atoms with van der Waals surface area (Å²) in [5.41, 5.74) is -0.780. The molecule has 0 saturated carbocycles. The fourth-order valence-corrected chi connectivity index (χ4v) is 1.02. The maximum atomic E-state index is 12.4. The Morgan fingerprint density at radius 3 is 2.06 bits per heavy atom. The molecule has 0 saturated heterocycles. The van der Waals surface area contributed by atoms with Gasteiger partial charge < -0.3 is 0 Å². The van der Waals surface area contributed by atoms with Crippen molar-refractivity contribution < 1.29 is 13.2 Å². The number of alkyl halides is 3. The minimum atomic E-state index is -4.39. The molecule has 0 aliphatic heterocycles. The van der Waals surface area contributed by atoms with Crippen molar-refractivity contribution in [3.8, 4) is 0 Å². The molecule has 0 aromatic carbocycles. The van der Waals surface area contributed by atoms with Crippen molar-refractivity contribution in [2.24, 2.45) is 0 Å². The van der Waals surface area contributed by atoms with E-state index < -0.39 is 11.9 Å². The predicted octanol–water partition coefficient (Wildman–Crippen LogP) is 3.95. The number of aromatic nitrogens is 2. The maximum Gasteiger partial charge on any atom is 0.433 e. The van der Waals surface area contributed by atoms with Gasteiger partial charge in [0.15, 0.2) is 5.69 Å². The number of hydrogen-bond donors (Lipinski definition) is 0. The van der Waals surface area contributed by atoms with Crippen molar-refractivity contribution in [1.82, 2.24) is 9.97 Å². The van der Waals surface area contributed by atoms with E-state index in [4.69, 9.17) is 0 Å². The van der Waals surface area contributed by atoms with Crippen molar-refractivity contribution in [2.75, 3.05) is 0 Å². The molecule has 2 nitrogen and oxygen atoms in total. The maximum absolute atomic E-state index is 12.4. The lowest BCUT2D eigenvalue weighted by Gasteiger charge is -2.11. The van der Waals surface area contributed by atoms with Crippen LogP contribution in [0.25, 0.3) is 0 Å². The Morgan fingerprint density at radius 2 is 1.69 bits per heavy atom. The smallest absolute Gasteiger partial charge is 0.241 e. The van der Waals surface area contributed by atoms with Crippen LogP contribution >= 0.6 is 0 Å². The van der Waals surface area contributed by atoms with Crippen LogP contribution in [-0.4, -0.2) is 9.97 Å². The zero-order valence-electron chi connectivity index (χ0n) is 10.2. The van der Waals surface area contributed by atoms with Crippen LogP contribution in [0.15, 0.2) is 6.20 Å². The molecule has 0 radical (unpaired) electrons. The van der Waals surface area contributed by atoms with E-state index in [1.165, 1.54) is 13.1 Å². The van der Waals surface area contributed by atoms with Crippen LogP contribution in [-0.2, 0) is 6.18 Å². The van der Waals surface area contributed by atoms with E-state index in [1.54, 1.807) is 13.8 Å². The van der Waals surface area contributed by atoms with E-state index in [2.05, 4.69) is 9.97 Å². The second-order valence-corrected chi connectivity index (χ2v) is 3.41. The van der Waals surface area contributed by atoms with Crippen molar-refractivity contribution in [3.05, 3.63) is 23.3 Å². The van der Waals surface area contributed by atoms with Gasteiger partial charge >= 0.3 is 6.18 Å². The van der Waals surface area contributed by atoms with Crippen LogP contribution in [0.5, 0.6) is 0 Å². The summed E-state index contributed by atoms with van der Waals surface area (Å²) < 4.78 is 37.2. The summed E-state index contributed by atoms with van der Waals surface area (Å²) in [6.07, 6.45) is -3.18. The van der Waals surface area contributed by atoms with Crippen LogP contribution in [0, 0.1) is 6.92 Å². The Labute approximate surface area is 93.9 Å². The molecule has 1 aromatic heterocycles. The first kappa shape index (κ1) is 14.9. The molecule has 0 N–H and O–H groups in total. The second kappa shape index (κ2) is 5.82. The van der Waals surface area contributed by atoms with Gasteiger partial charge in [0.05, 0.1) is 0 Å². The molecular weight excluding hydrogens is 217 g/mol. The molecule has 0 aliphatic rings. The van der Waals surface area contributed by atoms with Crippen LogP contribution in [0.2, 0.25) is 0 Å². The molecule has 0 spiro atoms. The SMILES string of the molecule is CC.Cc1cnc(C(C)C)nc1C(F)(F)F. The molecule has 0 bridgehead atoms. The van der Waals surface area contributed by atoms with E-state index in [-0.39, 0.29) is 17.3 Å². The van der Waals surface area contributed by atoms with Gasteiger partial charge in [0, 0.05) is 12.1 Å². The van der Waals surface area contributed by atoms with Crippen LogP contribution in [0.4, 0.5) is 13.2 Å². The van der Waals surface area contributed by atoms with Gasteiger partial charge in [-0.2, -0.15) is 13.2 Å². The van der Waals surface area contributed by atoms with E-state index in [1.807, 2.05) is 13.8 Å². The van der Waals surface area contributed by atoms with Crippen LogP contribution in [0.3, 0.4) is 0 Å². The van der Waals surface area contributed by atoms with Crippen molar-refractivity contribution in [2.45, 2.75) is 46.7 Å². The van der Waals surface area contributed by atoms with E-state index >= 15 is 0 Å². The third-order valence-corrected chi connectivity index (χ3v) is 1.78.